The zero-order chi connectivity index (χ0) is 12.3. The van der Waals surface area contributed by atoms with Crippen molar-refractivity contribution in [3.05, 3.63) is 21.4 Å². The van der Waals surface area contributed by atoms with E-state index in [0.717, 1.165) is 5.92 Å². The summed E-state index contributed by atoms with van der Waals surface area (Å²) in [6, 6.07) is 3.37. The molecule has 0 saturated carbocycles. The molecule has 3 atom stereocenters. The smallest absolute Gasteiger partial charge is 0.0305 e. The van der Waals surface area contributed by atoms with Crippen LogP contribution in [0.3, 0.4) is 0 Å². The molecular weight excluding hydrogens is 214 g/mol. The average Bonchev–Trinajstić information content (AvgIpc) is 2.56. The summed E-state index contributed by atoms with van der Waals surface area (Å²) in [4.78, 5) is 2.87. The molecule has 0 saturated heterocycles. The van der Waals surface area contributed by atoms with Gasteiger partial charge in [0.25, 0.3) is 0 Å². The second kappa shape index (κ2) is 5.83. The molecule has 1 heterocycles. The van der Waals surface area contributed by atoms with Gasteiger partial charge in [0.2, 0.25) is 0 Å². The summed E-state index contributed by atoms with van der Waals surface area (Å²) >= 11 is 1.90. The van der Waals surface area contributed by atoms with Gasteiger partial charge in [-0.15, -0.1) is 11.3 Å². The zero-order valence-corrected chi connectivity index (χ0v) is 12.2. The Hall–Kier alpha value is -0.340. The first-order chi connectivity index (χ1) is 7.45. The van der Waals surface area contributed by atoms with Crippen molar-refractivity contribution in [3.8, 4) is 0 Å². The molecule has 0 aliphatic heterocycles. The molecule has 1 aromatic rings. The van der Waals surface area contributed by atoms with Gasteiger partial charge in [-0.05, 0) is 45.2 Å². The van der Waals surface area contributed by atoms with Gasteiger partial charge in [-0.25, -0.2) is 0 Å². The molecule has 2 heteroatoms. The second-order valence-corrected chi connectivity index (χ2v) is 6.39. The second-order valence-electron chi connectivity index (χ2n) is 4.93. The highest BCUT2D eigenvalue weighted by molar-refractivity contribution is 7.12. The van der Waals surface area contributed by atoms with Gasteiger partial charge in [0, 0.05) is 21.8 Å². The van der Waals surface area contributed by atoms with Crippen molar-refractivity contribution in [2.24, 2.45) is 5.92 Å². The van der Waals surface area contributed by atoms with Crippen LogP contribution in [0, 0.1) is 19.8 Å². The van der Waals surface area contributed by atoms with Gasteiger partial charge in [0.15, 0.2) is 0 Å². The number of nitrogens with one attached hydrogen (secondary N) is 1. The van der Waals surface area contributed by atoms with E-state index in [-0.39, 0.29) is 0 Å². The van der Waals surface area contributed by atoms with Crippen LogP contribution in [-0.4, -0.2) is 6.04 Å². The minimum Gasteiger partial charge on any atom is -0.307 e. The highest BCUT2D eigenvalue weighted by Crippen LogP contribution is 2.27. The van der Waals surface area contributed by atoms with Crippen LogP contribution in [0.15, 0.2) is 6.07 Å². The van der Waals surface area contributed by atoms with Crippen molar-refractivity contribution in [1.29, 1.82) is 0 Å². The molecule has 1 aromatic heterocycles. The zero-order valence-electron chi connectivity index (χ0n) is 11.4. The Bertz CT molecular complexity index is 329. The summed E-state index contributed by atoms with van der Waals surface area (Å²) in [5.74, 6) is 0.738. The van der Waals surface area contributed by atoms with Gasteiger partial charge in [-0.1, -0.05) is 20.3 Å². The minimum absolute atomic E-state index is 0.467. The van der Waals surface area contributed by atoms with Crippen LogP contribution < -0.4 is 5.32 Å². The van der Waals surface area contributed by atoms with Crippen molar-refractivity contribution >= 4 is 11.3 Å². The molecule has 0 aliphatic carbocycles. The third kappa shape index (κ3) is 3.33. The van der Waals surface area contributed by atoms with Crippen molar-refractivity contribution in [1.82, 2.24) is 5.32 Å². The molecule has 0 bridgehead atoms. The fraction of sp³-hybridized carbons (Fsp3) is 0.714. The van der Waals surface area contributed by atoms with Gasteiger partial charge in [0.05, 0.1) is 0 Å². The maximum atomic E-state index is 3.71. The molecule has 0 amide bonds. The Labute approximate surface area is 104 Å². The van der Waals surface area contributed by atoms with E-state index in [2.05, 4.69) is 52.9 Å². The number of rotatable bonds is 5. The SMILES string of the molecule is CCC(C)C(C)NC(C)c1cc(C)sc1C. The van der Waals surface area contributed by atoms with Gasteiger partial charge in [0.1, 0.15) is 0 Å². The number of aryl methyl sites for hydroxylation is 2. The molecule has 0 aromatic carbocycles. The molecular formula is C14H25NS. The molecule has 0 fully saturated rings. The molecule has 92 valence electrons. The third-order valence-corrected chi connectivity index (χ3v) is 4.54. The van der Waals surface area contributed by atoms with E-state index in [4.69, 9.17) is 0 Å². The first-order valence-corrected chi connectivity index (χ1v) is 7.10. The summed E-state index contributed by atoms with van der Waals surface area (Å²) < 4.78 is 0. The summed E-state index contributed by atoms with van der Waals surface area (Å²) in [7, 11) is 0. The number of thiophene rings is 1. The largest absolute Gasteiger partial charge is 0.307 e. The predicted octanol–water partition coefficient (Wildman–Crippen LogP) is 4.45. The number of hydrogen-bond acceptors (Lipinski definition) is 2. The Balaban J connectivity index is 2.65. The molecule has 3 unspecified atom stereocenters. The predicted molar refractivity (Wildman–Crippen MR) is 74.3 cm³/mol. The highest BCUT2D eigenvalue weighted by Gasteiger charge is 2.16. The summed E-state index contributed by atoms with van der Waals surface area (Å²) in [5, 5.41) is 3.71. The lowest BCUT2D eigenvalue weighted by molar-refractivity contribution is 0.360. The van der Waals surface area contributed by atoms with Crippen LogP contribution in [-0.2, 0) is 0 Å². The fourth-order valence-corrected chi connectivity index (χ4v) is 3.10. The number of hydrogen-bond donors (Lipinski definition) is 1. The molecule has 16 heavy (non-hydrogen) atoms. The van der Waals surface area contributed by atoms with Gasteiger partial charge >= 0.3 is 0 Å². The average molecular weight is 239 g/mol. The Kier molecular flexibility index (Phi) is 5.00. The lowest BCUT2D eigenvalue weighted by Crippen LogP contribution is -2.34. The fourth-order valence-electron chi connectivity index (χ4n) is 2.08. The van der Waals surface area contributed by atoms with Crippen molar-refractivity contribution < 1.29 is 0 Å². The Morgan fingerprint density at radius 1 is 1.25 bits per heavy atom. The van der Waals surface area contributed by atoms with Gasteiger partial charge in [-0.2, -0.15) is 0 Å². The summed E-state index contributed by atoms with van der Waals surface area (Å²) in [6.45, 7) is 13.5. The van der Waals surface area contributed by atoms with Crippen LogP contribution >= 0.6 is 11.3 Å². The van der Waals surface area contributed by atoms with Crippen LogP contribution in [0.1, 0.15) is 55.5 Å². The van der Waals surface area contributed by atoms with E-state index in [9.17, 15) is 0 Å². The first-order valence-electron chi connectivity index (χ1n) is 6.28. The van der Waals surface area contributed by atoms with E-state index in [1.54, 1.807) is 0 Å². The Morgan fingerprint density at radius 2 is 1.88 bits per heavy atom. The Morgan fingerprint density at radius 3 is 2.31 bits per heavy atom. The van der Waals surface area contributed by atoms with E-state index >= 15 is 0 Å². The molecule has 1 nitrogen and oxygen atoms in total. The van der Waals surface area contributed by atoms with Crippen LogP contribution in [0.2, 0.25) is 0 Å². The quantitative estimate of drug-likeness (QED) is 0.800. The van der Waals surface area contributed by atoms with E-state index in [1.807, 2.05) is 11.3 Å². The van der Waals surface area contributed by atoms with Crippen LogP contribution in [0.5, 0.6) is 0 Å². The van der Waals surface area contributed by atoms with E-state index < -0.39 is 0 Å². The highest BCUT2D eigenvalue weighted by atomic mass is 32.1. The van der Waals surface area contributed by atoms with Crippen molar-refractivity contribution in [2.45, 2.75) is 60.0 Å². The van der Waals surface area contributed by atoms with E-state index in [0.29, 0.717) is 12.1 Å². The van der Waals surface area contributed by atoms with Crippen molar-refractivity contribution in [3.63, 3.8) is 0 Å². The minimum atomic E-state index is 0.467. The van der Waals surface area contributed by atoms with Gasteiger partial charge in [-0.3, -0.25) is 0 Å². The first kappa shape index (κ1) is 13.7. The van der Waals surface area contributed by atoms with Crippen molar-refractivity contribution in [2.75, 3.05) is 0 Å². The maximum absolute atomic E-state index is 3.71. The van der Waals surface area contributed by atoms with Crippen LogP contribution in [0.4, 0.5) is 0 Å². The molecule has 0 spiro atoms. The van der Waals surface area contributed by atoms with E-state index in [1.165, 1.54) is 21.7 Å². The summed E-state index contributed by atoms with van der Waals surface area (Å²) in [6.07, 6.45) is 1.24. The van der Waals surface area contributed by atoms with Gasteiger partial charge < -0.3 is 5.32 Å². The molecule has 0 aliphatic rings. The monoisotopic (exact) mass is 239 g/mol. The summed E-state index contributed by atoms with van der Waals surface area (Å²) in [5.41, 5.74) is 1.47. The third-order valence-electron chi connectivity index (χ3n) is 3.56. The molecule has 1 rings (SSSR count). The van der Waals surface area contributed by atoms with Crippen LogP contribution in [0.25, 0.3) is 0 Å². The lowest BCUT2D eigenvalue weighted by Gasteiger charge is -2.24. The normalized spacial score (nSPS) is 17.1. The lowest BCUT2D eigenvalue weighted by atomic mass is 9.99. The molecule has 1 N–H and O–H groups in total. The topological polar surface area (TPSA) is 12.0 Å². The maximum Gasteiger partial charge on any atom is 0.0305 e. The standard InChI is InChI=1S/C14H25NS/c1-7-9(2)11(4)15-12(5)14-8-10(3)16-13(14)6/h8-9,11-12,15H,7H2,1-6H3. The molecule has 0 radical (unpaired) electrons.